The molecular weight excluding hydrogens is 318 g/mol. The molecule has 0 radical (unpaired) electrons. The maximum atomic E-state index is 12.3. The Balaban J connectivity index is 2.04. The van der Waals surface area contributed by atoms with Gasteiger partial charge in [0.25, 0.3) is 5.56 Å². The number of imidazole rings is 1. The Labute approximate surface area is 145 Å². The van der Waals surface area contributed by atoms with Gasteiger partial charge in [0.1, 0.15) is 0 Å². The molecule has 1 aromatic carbocycles. The zero-order valence-corrected chi connectivity index (χ0v) is 14.7. The quantitative estimate of drug-likeness (QED) is 0.719. The number of rotatable bonds is 6. The molecule has 2 heterocycles. The van der Waals surface area contributed by atoms with Crippen molar-refractivity contribution in [2.45, 2.75) is 33.4 Å². The maximum Gasteiger partial charge on any atom is 0.329 e. The average molecular weight is 341 g/mol. The van der Waals surface area contributed by atoms with Gasteiger partial charge in [0, 0.05) is 20.1 Å². The van der Waals surface area contributed by atoms with Crippen molar-refractivity contribution in [1.29, 1.82) is 0 Å². The molecule has 0 atom stereocenters. The van der Waals surface area contributed by atoms with E-state index >= 15 is 0 Å². The Morgan fingerprint density at radius 3 is 2.60 bits per heavy atom. The Kier molecular flexibility index (Phi) is 4.74. The van der Waals surface area contributed by atoms with Crippen molar-refractivity contribution in [3.05, 3.63) is 56.7 Å². The van der Waals surface area contributed by atoms with Gasteiger partial charge in [-0.1, -0.05) is 44.2 Å². The number of nitrogens with one attached hydrogen (secondary N) is 2. The van der Waals surface area contributed by atoms with Crippen molar-refractivity contribution < 1.29 is 0 Å². The highest BCUT2D eigenvalue weighted by Gasteiger charge is 2.17. The summed E-state index contributed by atoms with van der Waals surface area (Å²) >= 11 is 0. The van der Waals surface area contributed by atoms with Crippen LogP contribution < -0.4 is 16.6 Å². The average Bonchev–Trinajstić information content (AvgIpc) is 2.96. The molecule has 3 rings (SSSR count). The summed E-state index contributed by atoms with van der Waals surface area (Å²) in [6.07, 6.45) is 0.910. The summed E-state index contributed by atoms with van der Waals surface area (Å²) < 4.78 is 3.24. The van der Waals surface area contributed by atoms with Crippen molar-refractivity contribution in [2.24, 2.45) is 13.0 Å². The Bertz CT molecular complexity index is 982. The summed E-state index contributed by atoms with van der Waals surface area (Å²) in [6.45, 7) is 5.52. The van der Waals surface area contributed by atoms with E-state index < -0.39 is 11.2 Å². The van der Waals surface area contributed by atoms with Crippen molar-refractivity contribution in [1.82, 2.24) is 19.1 Å². The monoisotopic (exact) mass is 341 g/mol. The van der Waals surface area contributed by atoms with Gasteiger partial charge in [-0.25, -0.2) is 4.79 Å². The number of fused-ring (bicyclic) bond motifs is 1. The van der Waals surface area contributed by atoms with Crippen molar-refractivity contribution in [3.8, 4) is 0 Å². The van der Waals surface area contributed by atoms with Crippen LogP contribution in [-0.4, -0.2) is 19.1 Å². The van der Waals surface area contributed by atoms with Crippen LogP contribution in [0, 0.1) is 5.92 Å². The van der Waals surface area contributed by atoms with Crippen molar-refractivity contribution >= 4 is 17.1 Å². The summed E-state index contributed by atoms with van der Waals surface area (Å²) in [5.41, 5.74) is 1.09. The molecular formula is C18H23N5O2. The fourth-order valence-electron chi connectivity index (χ4n) is 2.75. The van der Waals surface area contributed by atoms with Crippen LogP contribution in [0.25, 0.3) is 11.2 Å². The van der Waals surface area contributed by atoms with E-state index in [1.807, 2.05) is 34.9 Å². The number of H-pyrrole nitrogens is 1. The topological polar surface area (TPSA) is 84.7 Å². The summed E-state index contributed by atoms with van der Waals surface area (Å²) in [4.78, 5) is 31.1. The number of anilines is 1. The van der Waals surface area contributed by atoms with Crippen LogP contribution >= 0.6 is 0 Å². The van der Waals surface area contributed by atoms with E-state index in [-0.39, 0.29) is 0 Å². The Hall–Kier alpha value is -2.83. The minimum absolute atomic E-state index is 0.396. The molecule has 0 bridgehead atoms. The van der Waals surface area contributed by atoms with Crippen LogP contribution in [-0.2, 0) is 20.1 Å². The first-order chi connectivity index (χ1) is 12.0. The van der Waals surface area contributed by atoms with Crippen LogP contribution in [0.1, 0.15) is 25.8 Å². The third-order valence-corrected chi connectivity index (χ3v) is 4.23. The maximum absolute atomic E-state index is 12.3. The Morgan fingerprint density at radius 2 is 1.92 bits per heavy atom. The van der Waals surface area contributed by atoms with E-state index in [2.05, 4.69) is 29.1 Å². The molecule has 7 heteroatoms. The van der Waals surface area contributed by atoms with Gasteiger partial charge < -0.3 is 9.88 Å². The molecule has 0 saturated carbocycles. The van der Waals surface area contributed by atoms with E-state index in [0.29, 0.717) is 36.1 Å². The van der Waals surface area contributed by atoms with Crippen LogP contribution in [0.15, 0.2) is 39.9 Å². The largest absolute Gasteiger partial charge is 0.352 e. The molecule has 2 aromatic heterocycles. The number of aromatic amines is 1. The summed E-state index contributed by atoms with van der Waals surface area (Å²) in [6, 6.07) is 9.98. The molecule has 0 saturated heterocycles. The highest BCUT2D eigenvalue weighted by atomic mass is 16.2. The molecule has 0 fully saturated rings. The van der Waals surface area contributed by atoms with E-state index in [9.17, 15) is 9.59 Å². The van der Waals surface area contributed by atoms with Crippen LogP contribution in [0.4, 0.5) is 5.95 Å². The van der Waals surface area contributed by atoms with Crippen LogP contribution in [0.2, 0.25) is 0 Å². The fourth-order valence-corrected chi connectivity index (χ4v) is 2.75. The molecule has 0 spiro atoms. The first-order valence-corrected chi connectivity index (χ1v) is 8.44. The lowest BCUT2D eigenvalue weighted by Gasteiger charge is -2.12. The molecule has 132 valence electrons. The second-order valence-corrected chi connectivity index (χ2v) is 6.60. The predicted molar refractivity (Wildman–Crippen MR) is 98.8 cm³/mol. The molecule has 7 nitrogen and oxygen atoms in total. The van der Waals surface area contributed by atoms with Gasteiger partial charge in [0.05, 0.1) is 0 Å². The third kappa shape index (κ3) is 3.50. The molecule has 2 N–H and O–H groups in total. The van der Waals surface area contributed by atoms with Gasteiger partial charge in [0.15, 0.2) is 11.2 Å². The number of aromatic nitrogens is 4. The van der Waals surface area contributed by atoms with E-state index in [1.165, 1.54) is 4.57 Å². The SMILES string of the molecule is CC(C)CCn1c(NCc2ccccc2)nc2c1c(=O)[nH]c(=O)n2C. The van der Waals surface area contributed by atoms with E-state index in [1.54, 1.807) is 7.05 Å². The number of benzene rings is 1. The minimum Gasteiger partial charge on any atom is -0.352 e. The van der Waals surface area contributed by atoms with E-state index in [0.717, 1.165) is 12.0 Å². The van der Waals surface area contributed by atoms with Crippen LogP contribution in [0.5, 0.6) is 0 Å². The summed E-state index contributed by atoms with van der Waals surface area (Å²) in [5.74, 6) is 1.09. The molecule has 0 aliphatic carbocycles. The standard InChI is InChI=1S/C18H23N5O2/c1-12(2)9-10-23-14-15(22(3)18(25)21-16(14)24)20-17(23)19-11-13-7-5-4-6-8-13/h4-8,12H,9-11H2,1-3H3,(H,19,20)(H,21,24,25). The lowest BCUT2D eigenvalue weighted by Crippen LogP contribution is -2.29. The fraction of sp³-hybridized carbons (Fsp3) is 0.389. The van der Waals surface area contributed by atoms with Gasteiger partial charge in [0.2, 0.25) is 5.95 Å². The minimum atomic E-state index is -0.458. The number of hydrogen-bond donors (Lipinski definition) is 2. The lowest BCUT2D eigenvalue weighted by atomic mass is 10.1. The zero-order chi connectivity index (χ0) is 18.0. The first kappa shape index (κ1) is 17.0. The smallest absolute Gasteiger partial charge is 0.329 e. The van der Waals surface area contributed by atoms with Gasteiger partial charge in [-0.05, 0) is 17.9 Å². The number of hydrogen-bond acceptors (Lipinski definition) is 4. The zero-order valence-electron chi connectivity index (χ0n) is 14.7. The van der Waals surface area contributed by atoms with Crippen LogP contribution in [0.3, 0.4) is 0 Å². The molecule has 3 aromatic rings. The van der Waals surface area contributed by atoms with Crippen molar-refractivity contribution in [2.75, 3.05) is 5.32 Å². The Morgan fingerprint density at radius 1 is 1.20 bits per heavy atom. The molecule has 0 amide bonds. The second kappa shape index (κ2) is 6.96. The molecule has 0 unspecified atom stereocenters. The predicted octanol–water partition coefficient (Wildman–Crippen LogP) is 2.08. The lowest BCUT2D eigenvalue weighted by molar-refractivity contribution is 0.524. The number of nitrogens with zero attached hydrogens (tertiary/aromatic N) is 3. The summed E-state index contributed by atoms with van der Waals surface area (Å²) in [5, 5.41) is 3.30. The number of aryl methyl sites for hydroxylation is 2. The van der Waals surface area contributed by atoms with Crippen molar-refractivity contribution in [3.63, 3.8) is 0 Å². The van der Waals surface area contributed by atoms with Gasteiger partial charge in [-0.3, -0.25) is 14.3 Å². The highest BCUT2D eigenvalue weighted by molar-refractivity contribution is 5.74. The third-order valence-electron chi connectivity index (χ3n) is 4.23. The first-order valence-electron chi connectivity index (χ1n) is 8.44. The second-order valence-electron chi connectivity index (χ2n) is 6.60. The highest BCUT2D eigenvalue weighted by Crippen LogP contribution is 2.18. The summed E-state index contributed by atoms with van der Waals surface area (Å²) in [7, 11) is 1.61. The normalized spacial score (nSPS) is 11.4. The molecule has 25 heavy (non-hydrogen) atoms. The molecule has 0 aliphatic rings. The van der Waals surface area contributed by atoms with E-state index in [4.69, 9.17) is 0 Å². The van der Waals surface area contributed by atoms with Gasteiger partial charge in [-0.15, -0.1) is 0 Å². The van der Waals surface area contributed by atoms with Gasteiger partial charge in [-0.2, -0.15) is 4.98 Å². The van der Waals surface area contributed by atoms with Gasteiger partial charge >= 0.3 is 5.69 Å². The molecule has 0 aliphatic heterocycles.